The lowest BCUT2D eigenvalue weighted by atomic mass is 9.99. The average Bonchev–Trinajstić information content (AvgIpc) is 2.95. The molecule has 3 aromatic rings. The zero-order valence-electron chi connectivity index (χ0n) is 23.1. The van der Waals surface area contributed by atoms with E-state index in [0.29, 0.717) is 5.02 Å². The molecule has 0 bridgehead atoms. The van der Waals surface area contributed by atoms with Crippen LogP contribution >= 0.6 is 11.6 Å². The van der Waals surface area contributed by atoms with E-state index in [-0.39, 0.29) is 52.4 Å². The molecule has 3 atom stereocenters. The molecule has 0 unspecified atom stereocenters. The van der Waals surface area contributed by atoms with Gasteiger partial charge in [-0.2, -0.15) is 4.31 Å². The van der Waals surface area contributed by atoms with Gasteiger partial charge in [-0.05, 0) is 73.7 Å². The monoisotopic (exact) mass is 639 g/mol. The molecule has 10 nitrogen and oxygen atoms in total. The van der Waals surface area contributed by atoms with Crippen LogP contribution in [0.4, 0.5) is 10.1 Å². The minimum atomic E-state index is -4.11. The molecule has 0 fully saturated rings. The summed E-state index contributed by atoms with van der Waals surface area (Å²) in [6.07, 6.45) is -0.723. The number of benzene rings is 3. The fourth-order valence-electron chi connectivity index (χ4n) is 4.47. The van der Waals surface area contributed by atoms with Crippen LogP contribution in [0.5, 0.6) is 5.75 Å². The lowest BCUT2D eigenvalue weighted by Gasteiger charge is -2.38. The highest BCUT2D eigenvalue weighted by molar-refractivity contribution is 7.92. The fourth-order valence-corrected chi connectivity index (χ4v) is 6.83. The van der Waals surface area contributed by atoms with Gasteiger partial charge in [0.25, 0.3) is 15.9 Å². The molecule has 0 saturated carbocycles. The van der Waals surface area contributed by atoms with Crippen molar-refractivity contribution in [2.45, 2.75) is 35.8 Å². The maximum Gasteiger partial charge on any atom is 0.261 e. The van der Waals surface area contributed by atoms with Gasteiger partial charge in [0, 0.05) is 30.2 Å². The first-order valence-corrected chi connectivity index (χ1v) is 16.3. The number of ether oxygens (including phenoxy) is 1. The van der Waals surface area contributed by atoms with Crippen molar-refractivity contribution in [1.82, 2.24) is 9.21 Å². The van der Waals surface area contributed by atoms with E-state index in [0.717, 1.165) is 28.6 Å². The highest BCUT2D eigenvalue weighted by Crippen LogP contribution is 2.32. The van der Waals surface area contributed by atoms with Gasteiger partial charge >= 0.3 is 0 Å². The maximum absolute atomic E-state index is 13.7. The molecular formula is C28H31ClFN3O7S2. The maximum atomic E-state index is 13.7. The number of carbonyl (C=O) groups is 1. The van der Waals surface area contributed by atoms with Crippen LogP contribution in [0.3, 0.4) is 0 Å². The molecule has 1 aliphatic heterocycles. The largest absolute Gasteiger partial charge is 0.488 e. The van der Waals surface area contributed by atoms with E-state index in [9.17, 15) is 31.1 Å². The van der Waals surface area contributed by atoms with Crippen molar-refractivity contribution in [3.8, 4) is 5.75 Å². The summed E-state index contributed by atoms with van der Waals surface area (Å²) < 4.78 is 75.4. The molecule has 14 heteroatoms. The number of likely N-dealkylation sites (N-methyl/N-ethyl adjacent to an activating group) is 1. The van der Waals surface area contributed by atoms with Gasteiger partial charge < -0.3 is 14.7 Å². The van der Waals surface area contributed by atoms with E-state index in [1.165, 1.54) is 54.4 Å². The topological polar surface area (TPSA) is 133 Å². The van der Waals surface area contributed by atoms with Gasteiger partial charge in [0.1, 0.15) is 17.7 Å². The number of halogens is 2. The minimum Gasteiger partial charge on any atom is -0.488 e. The van der Waals surface area contributed by atoms with Crippen molar-refractivity contribution in [2.75, 3.05) is 31.5 Å². The first kappa shape index (κ1) is 31.7. The molecular weight excluding hydrogens is 609 g/mol. The average molecular weight is 640 g/mol. The second kappa shape index (κ2) is 12.6. The van der Waals surface area contributed by atoms with Gasteiger partial charge in [-0.3, -0.25) is 9.52 Å². The van der Waals surface area contributed by atoms with Crippen LogP contribution in [0.15, 0.2) is 76.5 Å². The number of nitrogens with zero attached hydrogens (tertiary/aromatic N) is 2. The van der Waals surface area contributed by atoms with Gasteiger partial charge in [-0.25, -0.2) is 21.2 Å². The molecule has 1 heterocycles. The number of aliphatic hydroxyl groups excluding tert-OH is 1. The Balaban J connectivity index is 1.68. The van der Waals surface area contributed by atoms with Crippen LogP contribution in [-0.4, -0.2) is 75.9 Å². The second-order valence-electron chi connectivity index (χ2n) is 10.1. The van der Waals surface area contributed by atoms with E-state index in [2.05, 4.69) is 4.72 Å². The summed E-state index contributed by atoms with van der Waals surface area (Å²) in [4.78, 5) is 15.0. The summed E-state index contributed by atoms with van der Waals surface area (Å²) in [7, 11) is -6.59. The van der Waals surface area contributed by atoms with Crippen molar-refractivity contribution in [2.24, 2.45) is 5.92 Å². The number of anilines is 1. The normalized spacial score (nSPS) is 18.5. The zero-order chi connectivity index (χ0) is 30.8. The summed E-state index contributed by atoms with van der Waals surface area (Å²) >= 11 is 5.91. The van der Waals surface area contributed by atoms with Crippen molar-refractivity contribution < 1.29 is 35.9 Å². The Morgan fingerprint density at radius 2 is 1.69 bits per heavy atom. The van der Waals surface area contributed by atoms with E-state index in [1.54, 1.807) is 6.92 Å². The Hall–Kier alpha value is -3.23. The number of nitrogens with one attached hydrogen (secondary N) is 1. The molecule has 0 saturated heterocycles. The molecule has 0 aromatic heterocycles. The molecule has 1 amide bonds. The molecule has 1 aliphatic rings. The molecule has 0 spiro atoms. The number of aliphatic hydroxyl groups is 1. The lowest BCUT2D eigenvalue weighted by molar-refractivity contribution is 0.0387. The van der Waals surface area contributed by atoms with E-state index in [1.807, 2.05) is 6.92 Å². The van der Waals surface area contributed by atoms with Crippen molar-refractivity contribution in [1.29, 1.82) is 0 Å². The highest BCUT2D eigenvalue weighted by Gasteiger charge is 2.35. The summed E-state index contributed by atoms with van der Waals surface area (Å²) in [5.74, 6) is -1.34. The SMILES string of the molecule is C[C@H]1CN([C@@H](C)CO)C(=O)c2cc(NS(=O)(=O)c3ccc(F)cc3)ccc2O[C@@H]1CN(C)S(=O)(=O)c1ccc(Cl)cc1. The van der Waals surface area contributed by atoms with E-state index < -0.39 is 43.9 Å². The van der Waals surface area contributed by atoms with Crippen LogP contribution in [-0.2, 0) is 20.0 Å². The van der Waals surface area contributed by atoms with E-state index in [4.69, 9.17) is 16.3 Å². The minimum absolute atomic E-state index is 0.0229. The van der Waals surface area contributed by atoms with Crippen LogP contribution in [0, 0.1) is 11.7 Å². The van der Waals surface area contributed by atoms with E-state index >= 15 is 0 Å². The Labute approximate surface area is 249 Å². The first-order chi connectivity index (χ1) is 19.7. The molecule has 42 heavy (non-hydrogen) atoms. The molecule has 2 N–H and O–H groups in total. The smallest absolute Gasteiger partial charge is 0.261 e. The zero-order valence-corrected chi connectivity index (χ0v) is 25.5. The highest BCUT2D eigenvalue weighted by atomic mass is 35.5. The van der Waals surface area contributed by atoms with Gasteiger partial charge in [-0.1, -0.05) is 18.5 Å². The van der Waals surface area contributed by atoms with Gasteiger partial charge in [0.2, 0.25) is 10.0 Å². The third kappa shape index (κ3) is 6.87. The standard InChI is InChI=1S/C28H31ClFN3O7S2/c1-18-15-33(19(2)17-34)28(35)25-14-22(31-41(36,37)23-11-6-21(30)7-12-23)8-13-26(25)40-27(18)16-32(3)42(38,39)24-9-4-20(29)5-10-24/h4-14,18-19,27,31,34H,15-17H2,1-3H3/t18-,19-,27+/m0/s1. The third-order valence-electron chi connectivity index (χ3n) is 7.00. The second-order valence-corrected chi connectivity index (χ2v) is 14.3. The van der Waals surface area contributed by atoms with Crippen LogP contribution in [0.1, 0.15) is 24.2 Å². The van der Waals surface area contributed by atoms with Gasteiger partial charge in [0.05, 0.1) is 34.5 Å². The van der Waals surface area contributed by atoms with Crippen LogP contribution in [0.25, 0.3) is 0 Å². The van der Waals surface area contributed by atoms with Crippen LogP contribution in [0.2, 0.25) is 5.02 Å². The number of sulfonamides is 2. The van der Waals surface area contributed by atoms with Gasteiger partial charge in [-0.15, -0.1) is 0 Å². The molecule has 0 radical (unpaired) electrons. The predicted octanol–water partition coefficient (Wildman–Crippen LogP) is 3.82. The third-order valence-corrected chi connectivity index (χ3v) is 10.5. The van der Waals surface area contributed by atoms with Crippen molar-refractivity contribution >= 4 is 43.2 Å². The van der Waals surface area contributed by atoms with Gasteiger partial charge in [0.15, 0.2) is 0 Å². The summed E-state index contributed by atoms with van der Waals surface area (Å²) in [6, 6.07) is 13.6. The lowest BCUT2D eigenvalue weighted by Crippen LogP contribution is -2.50. The molecule has 0 aliphatic carbocycles. The number of carbonyl (C=O) groups excluding carboxylic acids is 1. The Bertz CT molecular complexity index is 1650. The number of rotatable bonds is 9. The summed E-state index contributed by atoms with van der Waals surface area (Å²) in [5.41, 5.74) is 0.0777. The summed E-state index contributed by atoms with van der Waals surface area (Å²) in [5, 5.41) is 10.3. The Kier molecular flexibility index (Phi) is 9.48. The van der Waals surface area contributed by atoms with Crippen molar-refractivity contribution in [3.05, 3.63) is 83.1 Å². The van der Waals surface area contributed by atoms with Crippen LogP contribution < -0.4 is 9.46 Å². The molecule has 226 valence electrons. The first-order valence-electron chi connectivity index (χ1n) is 13.0. The summed E-state index contributed by atoms with van der Waals surface area (Å²) in [6.45, 7) is 3.21. The van der Waals surface area contributed by atoms with Crippen molar-refractivity contribution in [3.63, 3.8) is 0 Å². The molecule has 3 aromatic carbocycles. The number of fused-ring (bicyclic) bond motifs is 1. The Morgan fingerprint density at radius 3 is 2.31 bits per heavy atom. The number of amides is 1. The number of hydrogen-bond donors (Lipinski definition) is 2. The predicted molar refractivity (Wildman–Crippen MR) is 156 cm³/mol. The Morgan fingerprint density at radius 1 is 1.07 bits per heavy atom. The quantitative estimate of drug-likeness (QED) is 0.364. The molecule has 4 rings (SSSR count). The number of hydrogen-bond acceptors (Lipinski definition) is 7. The fraction of sp³-hybridized carbons (Fsp3) is 0.321.